The van der Waals surface area contributed by atoms with E-state index in [-0.39, 0.29) is 18.8 Å². The van der Waals surface area contributed by atoms with E-state index in [1.165, 1.54) is 4.90 Å². The van der Waals surface area contributed by atoms with Crippen LogP contribution in [0.2, 0.25) is 0 Å². The first-order chi connectivity index (χ1) is 17.3. The molecule has 0 bridgehead atoms. The van der Waals surface area contributed by atoms with E-state index < -0.39 is 40.6 Å². The first-order valence-corrected chi connectivity index (χ1v) is 11.2. The van der Waals surface area contributed by atoms with Crippen LogP contribution in [0.25, 0.3) is 10.8 Å². The van der Waals surface area contributed by atoms with Crippen molar-refractivity contribution in [1.29, 1.82) is 0 Å². The highest BCUT2D eigenvalue weighted by atomic mass is 16.4. The largest absolute Gasteiger partial charge is 0.503 e. The van der Waals surface area contributed by atoms with Crippen LogP contribution in [0.15, 0.2) is 83.8 Å². The number of carboxylic acid groups (broad SMARTS) is 1. The summed E-state index contributed by atoms with van der Waals surface area (Å²) < 4.78 is 1.16. The van der Waals surface area contributed by atoms with Crippen molar-refractivity contribution >= 4 is 34.2 Å². The molecule has 0 unspecified atom stereocenters. The van der Waals surface area contributed by atoms with Gasteiger partial charge in [0.05, 0.1) is 6.54 Å². The summed E-state index contributed by atoms with van der Waals surface area (Å²) in [7, 11) is 0. The minimum atomic E-state index is -1.54. The van der Waals surface area contributed by atoms with Gasteiger partial charge in [0.15, 0.2) is 11.4 Å². The van der Waals surface area contributed by atoms with Crippen LogP contribution < -0.4 is 10.7 Å². The van der Waals surface area contributed by atoms with E-state index in [2.05, 4.69) is 5.32 Å². The van der Waals surface area contributed by atoms with E-state index >= 15 is 0 Å². The minimum absolute atomic E-state index is 0.0454. The van der Waals surface area contributed by atoms with Crippen LogP contribution in [0.4, 0.5) is 5.69 Å². The Hall–Kier alpha value is -4.92. The number of aromatic nitrogens is 1. The molecular formula is C27H21N3O6. The summed E-state index contributed by atoms with van der Waals surface area (Å²) in [5.41, 5.74) is -0.914. The SMILES string of the molecule is O=C(O)c1cn2c(c(O)c1=O)C(=O)N(Cc1ccccc1)[C@@H](C(=O)Nc1ccc3ccccc3c1)C2. The van der Waals surface area contributed by atoms with E-state index in [9.17, 15) is 29.4 Å². The van der Waals surface area contributed by atoms with Crippen molar-refractivity contribution < 1.29 is 24.6 Å². The predicted octanol–water partition coefficient (Wildman–Crippen LogP) is 3.07. The van der Waals surface area contributed by atoms with Gasteiger partial charge in [0.25, 0.3) is 5.91 Å². The third kappa shape index (κ3) is 4.07. The maximum absolute atomic E-state index is 13.5. The third-order valence-corrected chi connectivity index (χ3v) is 6.21. The number of aromatic hydroxyl groups is 1. The fourth-order valence-electron chi connectivity index (χ4n) is 4.41. The second-order valence-electron chi connectivity index (χ2n) is 8.51. The minimum Gasteiger partial charge on any atom is -0.503 e. The van der Waals surface area contributed by atoms with E-state index in [1.54, 1.807) is 30.3 Å². The molecule has 0 saturated heterocycles. The lowest BCUT2D eigenvalue weighted by Crippen LogP contribution is -2.54. The number of fused-ring (bicyclic) bond motifs is 2. The molecule has 180 valence electrons. The molecule has 2 heterocycles. The van der Waals surface area contributed by atoms with Gasteiger partial charge < -0.3 is 25.0 Å². The van der Waals surface area contributed by atoms with Gasteiger partial charge in [-0.15, -0.1) is 0 Å². The molecule has 3 N–H and O–H groups in total. The number of nitrogens with zero attached hydrogens (tertiary/aromatic N) is 2. The summed E-state index contributed by atoms with van der Waals surface area (Å²) in [4.78, 5) is 52.1. The summed E-state index contributed by atoms with van der Waals surface area (Å²) in [6, 6.07) is 21.1. The van der Waals surface area contributed by atoms with Gasteiger partial charge in [-0.2, -0.15) is 0 Å². The number of carbonyl (C=O) groups excluding carboxylic acids is 2. The van der Waals surface area contributed by atoms with Crippen molar-refractivity contribution in [2.24, 2.45) is 0 Å². The maximum Gasteiger partial charge on any atom is 0.341 e. The lowest BCUT2D eigenvalue weighted by molar-refractivity contribution is -0.121. The number of benzene rings is 3. The normalized spacial score (nSPS) is 14.9. The van der Waals surface area contributed by atoms with Crippen LogP contribution in [0, 0.1) is 0 Å². The topological polar surface area (TPSA) is 129 Å². The molecule has 9 nitrogen and oxygen atoms in total. The molecule has 1 aliphatic rings. The molecule has 3 aromatic carbocycles. The number of hydrogen-bond donors (Lipinski definition) is 3. The fraction of sp³-hybridized carbons (Fsp3) is 0.111. The number of anilines is 1. The highest BCUT2D eigenvalue weighted by molar-refractivity contribution is 6.04. The molecular weight excluding hydrogens is 462 g/mol. The van der Waals surface area contributed by atoms with Gasteiger partial charge in [-0.05, 0) is 28.5 Å². The van der Waals surface area contributed by atoms with Crippen molar-refractivity contribution in [3.05, 3.63) is 106 Å². The first kappa shape index (κ1) is 22.9. The van der Waals surface area contributed by atoms with E-state index in [1.807, 2.05) is 42.5 Å². The first-order valence-electron chi connectivity index (χ1n) is 11.2. The number of nitrogens with one attached hydrogen (secondary N) is 1. The number of carbonyl (C=O) groups is 3. The third-order valence-electron chi connectivity index (χ3n) is 6.21. The molecule has 5 rings (SSSR count). The smallest absolute Gasteiger partial charge is 0.341 e. The van der Waals surface area contributed by atoms with Crippen molar-refractivity contribution in [2.75, 3.05) is 5.32 Å². The van der Waals surface area contributed by atoms with Crippen molar-refractivity contribution in [1.82, 2.24) is 9.47 Å². The monoisotopic (exact) mass is 483 g/mol. The summed E-state index contributed by atoms with van der Waals surface area (Å²) in [5.74, 6) is -3.74. The van der Waals surface area contributed by atoms with Gasteiger partial charge in [0, 0.05) is 18.4 Å². The standard InChI is InChI=1S/C27H21N3O6/c31-23-20(27(35)36)14-29-15-21(25(33)28-19-11-10-17-8-4-5-9-18(17)12-19)30(26(34)22(29)24(23)32)13-16-6-2-1-3-7-16/h1-12,14,21,32H,13,15H2,(H,28,33)(H,35,36)/t21-/m1/s1. The fourth-order valence-corrected chi connectivity index (χ4v) is 4.41. The Kier molecular flexibility index (Phi) is 5.73. The predicted molar refractivity (Wildman–Crippen MR) is 132 cm³/mol. The Morgan fingerprint density at radius 2 is 1.64 bits per heavy atom. The van der Waals surface area contributed by atoms with Gasteiger partial charge in [0.1, 0.15) is 11.6 Å². The van der Waals surface area contributed by atoms with E-state index in [4.69, 9.17) is 0 Å². The van der Waals surface area contributed by atoms with Gasteiger partial charge in [-0.3, -0.25) is 14.4 Å². The molecule has 9 heteroatoms. The highest BCUT2D eigenvalue weighted by Crippen LogP contribution is 2.27. The number of aromatic carboxylic acids is 1. The van der Waals surface area contributed by atoms with Crippen LogP contribution in [0.5, 0.6) is 5.75 Å². The number of carboxylic acids is 1. The molecule has 1 atom stereocenters. The molecule has 0 radical (unpaired) electrons. The molecule has 0 aliphatic carbocycles. The van der Waals surface area contributed by atoms with E-state index in [0.717, 1.165) is 27.1 Å². The Morgan fingerprint density at radius 1 is 0.944 bits per heavy atom. The second kappa shape index (κ2) is 9.03. The van der Waals surface area contributed by atoms with E-state index in [0.29, 0.717) is 5.69 Å². The average molecular weight is 483 g/mol. The van der Waals surface area contributed by atoms with Crippen molar-refractivity contribution in [2.45, 2.75) is 19.1 Å². The molecule has 4 aromatic rings. The summed E-state index contributed by atoms with van der Waals surface area (Å²) in [6.45, 7) is -0.106. The molecule has 0 fully saturated rings. The average Bonchev–Trinajstić information content (AvgIpc) is 2.87. The molecule has 0 saturated carbocycles. The summed E-state index contributed by atoms with van der Waals surface area (Å²) >= 11 is 0. The van der Waals surface area contributed by atoms with Crippen LogP contribution in [0.1, 0.15) is 26.4 Å². The highest BCUT2D eigenvalue weighted by Gasteiger charge is 2.39. The number of rotatable bonds is 5. The number of amides is 2. The van der Waals surface area contributed by atoms with Crippen LogP contribution in [-0.4, -0.2) is 43.5 Å². The second-order valence-corrected chi connectivity index (χ2v) is 8.51. The molecule has 0 spiro atoms. The Morgan fingerprint density at radius 3 is 2.36 bits per heavy atom. The lowest BCUT2D eigenvalue weighted by atomic mass is 10.0. The Labute approximate surface area is 204 Å². The van der Waals surface area contributed by atoms with Crippen molar-refractivity contribution in [3.63, 3.8) is 0 Å². The molecule has 1 aliphatic heterocycles. The maximum atomic E-state index is 13.5. The lowest BCUT2D eigenvalue weighted by Gasteiger charge is -2.37. The van der Waals surface area contributed by atoms with Gasteiger partial charge in [-0.25, -0.2) is 4.79 Å². The molecule has 36 heavy (non-hydrogen) atoms. The zero-order valence-electron chi connectivity index (χ0n) is 18.9. The van der Waals surface area contributed by atoms with Crippen LogP contribution >= 0.6 is 0 Å². The van der Waals surface area contributed by atoms with Crippen molar-refractivity contribution in [3.8, 4) is 5.75 Å². The summed E-state index contributed by atoms with van der Waals surface area (Å²) in [6.07, 6.45) is 0.994. The zero-order chi connectivity index (χ0) is 25.4. The Balaban J connectivity index is 1.55. The Bertz CT molecular complexity index is 1580. The van der Waals surface area contributed by atoms with Crippen LogP contribution in [-0.2, 0) is 17.9 Å². The van der Waals surface area contributed by atoms with Gasteiger partial charge in [-0.1, -0.05) is 60.7 Å². The van der Waals surface area contributed by atoms with Gasteiger partial charge >= 0.3 is 5.97 Å². The quantitative estimate of drug-likeness (QED) is 0.400. The number of hydrogen-bond acceptors (Lipinski definition) is 5. The molecule has 2 amide bonds. The van der Waals surface area contributed by atoms with Crippen LogP contribution in [0.3, 0.4) is 0 Å². The van der Waals surface area contributed by atoms with Gasteiger partial charge in [0.2, 0.25) is 11.3 Å². The molecule has 1 aromatic heterocycles. The summed E-state index contributed by atoms with van der Waals surface area (Å²) in [5, 5.41) is 24.6. The number of pyridine rings is 1. The zero-order valence-corrected chi connectivity index (χ0v) is 18.9.